The molecule has 1 amide bonds. The number of hydrogen-bond acceptors (Lipinski definition) is 3. The molecule has 0 aromatic carbocycles. The van der Waals surface area contributed by atoms with Crippen LogP contribution < -0.4 is 10.9 Å². The molecule has 116 valence electrons. The second-order valence-electron chi connectivity index (χ2n) is 5.85. The average molecular weight is 300 g/mol. The van der Waals surface area contributed by atoms with Gasteiger partial charge in [0, 0.05) is 17.5 Å². The number of H-pyrrole nitrogens is 1. The first-order valence-electron chi connectivity index (χ1n) is 7.55. The summed E-state index contributed by atoms with van der Waals surface area (Å²) < 4.78 is 1.71. The van der Waals surface area contributed by atoms with Crippen LogP contribution in [0.4, 0.5) is 0 Å². The van der Waals surface area contributed by atoms with E-state index in [9.17, 15) is 9.59 Å². The normalized spacial score (nSPS) is 17.1. The third-order valence-corrected chi connectivity index (χ3v) is 4.06. The van der Waals surface area contributed by atoms with Crippen molar-refractivity contribution in [3.05, 3.63) is 51.2 Å². The van der Waals surface area contributed by atoms with Crippen LogP contribution in [-0.2, 0) is 17.8 Å². The molecule has 1 aliphatic carbocycles. The second-order valence-corrected chi connectivity index (χ2v) is 5.85. The van der Waals surface area contributed by atoms with Gasteiger partial charge in [0.15, 0.2) is 0 Å². The Balaban J connectivity index is 1.73. The second kappa shape index (κ2) is 5.79. The molecule has 6 nitrogen and oxygen atoms in total. The minimum Gasteiger partial charge on any atom is -0.348 e. The molecule has 6 heteroatoms. The van der Waals surface area contributed by atoms with Gasteiger partial charge in [-0.2, -0.15) is 5.10 Å². The van der Waals surface area contributed by atoms with E-state index < -0.39 is 0 Å². The highest BCUT2D eigenvalue weighted by Gasteiger charge is 2.22. The monoisotopic (exact) mass is 300 g/mol. The van der Waals surface area contributed by atoms with Crippen LogP contribution in [0, 0.1) is 13.8 Å². The van der Waals surface area contributed by atoms with Gasteiger partial charge in [0.1, 0.15) is 6.54 Å². The summed E-state index contributed by atoms with van der Waals surface area (Å²) in [6.07, 6.45) is 2.70. The first kappa shape index (κ1) is 14.6. The zero-order valence-electron chi connectivity index (χ0n) is 12.8. The average Bonchev–Trinajstić information content (AvgIpc) is 2.76. The van der Waals surface area contributed by atoms with E-state index in [-0.39, 0.29) is 24.1 Å². The van der Waals surface area contributed by atoms with Crippen molar-refractivity contribution in [3.8, 4) is 0 Å². The van der Waals surface area contributed by atoms with Crippen LogP contribution in [0.5, 0.6) is 0 Å². The van der Waals surface area contributed by atoms with Gasteiger partial charge in [-0.25, -0.2) is 0 Å². The number of fused-ring (bicyclic) bond motifs is 1. The number of amides is 1. The first-order chi connectivity index (χ1) is 10.5. The van der Waals surface area contributed by atoms with Crippen molar-refractivity contribution in [2.45, 2.75) is 45.7 Å². The molecule has 0 unspecified atom stereocenters. The Morgan fingerprint density at radius 3 is 3.00 bits per heavy atom. The van der Waals surface area contributed by atoms with E-state index in [4.69, 9.17) is 0 Å². The molecule has 2 heterocycles. The van der Waals surface area contributed by atoms with Crippen molar-refractivity contribution in [2.24, 2.45) is 0 Å². The SMILES string of the molecule is Cc1cc(C)n(CC(=O)N[C@@H]2CCCc3[nH]c(=O)ccc32)n1. The summed E-state index contributed by atoms with van der Waals surface area (Å²) in [5.74, 6) is -0.0600. The van der Waals surface area contributed by atoms with Crippen LogP contribution in [0.15, 0.2) is 23.0 Å². The smallest absolute Gasteiger partial charge is 0.248 e. The van der Waals surface area contributed by atoms with E-state index in [0.29, 0.717) is 0 Å². The number of rotatable bonds is 3. The Morgan fingerprint density at radius 2 is 2.27 bits per heavy atom. The van der Waals surface area contributed by atoms with Crippen LogP contribution in [0.25, 0.3) is 0 Å². The fourth-order valence-corrected chi connectivity index (χ4v) is 3.06. The lowest BCUT2D eigenvalue weighted by Crippen LogP contribution is -2.34. The van der Waals surface area contributed by atoms with Gasteiger partial charge in [0.05, 0.1) is 11.7 Å². The summed E-state index contributed by atoms with van der Waals surface area (Å²) in [7, 11) is 0. The summed E-state index contributed by atoms with van der Waals surface area (Å²) in [5.41, 5.74) is 3.75. The number of nitrogens with zero attached hydrogens (tertiary/aromatic N) is 2. The first-order valence-corrected chi connectivity index (χ1v) is 7.55. The third kappa shape index (κ3) is 2.95. The van der Waals surface area contributed by atoms with Gasteiger partial charge in [0.2, 0.25) is 11.5 Å². The Kier molecular flexibility index (Phi) is 3.83. The summed E-state index contributed by atoms with van der Waals surface area (Å²) in [5, 5.41) is 7.37. The van der Waals surface area contributed by atoms with E-state index in [1.54, 1.807) is 4.68 Å². The fourth-order valence-electron chi connectivity index (χ4n) is 3.06. The van der Waals surface area contributed by atoms with Gasteiger partial charge >= 0.3 is 0 Å². The van der Waals surface area contributed by atoms with Crippen LogP contribution in [0.2, 0.25) is 0 Å². The number of aryl methyl sites for hydroxylation is 3. The number of pyridine rings is 1. The minimum absolute atomic E-state index is 0.0370. The molecule has 2 aromatic heterocycles. The molecular weight excluding hydrogens is 280 g/mol. The number of aromatic amines is 1. The highest BCUT2D eigenvalue weighted by Crippen LogP contribution is 2.27. The molecule has 1 aliphatic rings. The molecule has 0 radical (unpaired) electrons. The number of hydrogen-bond donors (Lipinski definition) is 2. The van der Waals surface area contributed by atoms with E-state index >= 15 is 0 Å². The van der Waals surface area contributed by atoms with Crippen molar-refractivity contribution in [1.29, 1.82) is 0 Å². The molecule has 2 N–H and O–H groups in total. The maximum Gasteiger partial charge on any atom is 0.248 e. The van der Waals surface area contributed by atoms with Gasteiger partial charge < -0.3 is 10.3 Å². The highest BCUT2D eigenvalue weighted by atomic mass is 16.2. The third-order valence-electron chi connectivity index (χ3n) is 4.06. The van der Waals surface area contributed by atoms with Crippen LogP contribution >= 0.6 is 0 Å². The number of aromatic nitrogens is 3. The Hall–Kier alpha value is -2.37. The van der Waals surface area contributed by atoms with E-state index in [0.717, 1.165) is 41.9 Å². The van der Waals surface area contributed by atoms with Crippen LogP contribution in [0.3, 0.4) is 0 Å². The number of nitrogens with one attached hydrogen (secondary N) is 2. The van der Waals surface area contributed by atoms with Gasteiger partial charge in [-0.1, -0.05) is 0 Å². The molecule has 22 heavy (non-hydrogen) atoms. The summed E-state index contributed by atoms with van der Waals surface area (Å²) in [4.78, 5) is 26.5. The quantitative estimate of drug-likeness (QED) is 0.898. The van der Waals surface area contributed by atoms with Crippen molar-refractivity contribution in [3.63, 3.8) is 0 Å². The van der Waals surface area contributed by atoms with Gasteiger partial charge in [-0.05, 0) is 50.8 Å². The molecule has 0 bridgehead atoms. The minimum atomic E-state index is -0.0895. The maximum atomic E-state index is 12.3. The molecule has 0 spiro atoms. The fraction of sp³-hybridized carbons (Fsp3) is 0.438. The van der Waals surface area contributed by atoms with Crippen LogP contribution in [0.1, 0.15) is 41.5 Å². The van der Waals surface area contributed by atoms with Crippen LogP contribution in [-0.4, -0.2) is 20.7 Å². The highest BCUT2D eigenvalue weighted by molar-refractivity contribution is 5.76. The zero-order chi connectivity index (χ0) is 15.7. The lowest BCUT2D eigenvalue weighted by Gasteiger charge is -2.26. The van der Waals surface area contributed by atoms with Gasteiger partial charge in [0.25, 0.3) is 0 Å². The molecule has 0 fully saturated rings. The van der Waals surface area contributed by atoms with E-state index in [2.05, 4.69) is 15.4 Å². The molecule has 0 aliphatic heterocycles. The molecule has 1 atom stereocenters. The van der Waals surface area contributed by atoms with Crippen molar-refractivity contribution in [2.75, 3.05) is 0 Å². The molecule has 0 saturated heterocycles. The zero-order valence-corrected chi connectivity index (χ0v) is 12.8. The van der Waals surface area contributed by atoms with Crippen molar-refractivity contribution in [1.82, 2.24) is 20.1 Å². The topological polar surface area (TPSA) is 79.8 Å². The summed E-state index contributed by atoms with van der Waals surface area (Å²) in [6, 6.07) is 5.25. The molecular formula is C16H20N4O2. The molecule has 2 aromatic rings. The van der Waals surface area contributed by atoms with Crippen molar-refractivity contribution < 1.29 is 4.79 Å². The predicted molar refractivity (Wildman–Crippen MR) is 82.6 cm³/mol. The Labute approximate surface area is 128 Å². The largest absolute Gasteiger partial charge is 0.348 e. The lowest BCUT2D eigenvalue weighted by atomic mass is 9.91. The van der Waals surface area contributed by atoms with E-state index in [1.807, 2.05) is 26.0 Å². The summed E-state index contributed by atoms with van der Waals surface area (Å²) >= 11 is 0. The maximum absolute atomic E-state index is 12.3. The van der Waals surface area contributed by atoms with Gasteiger partial charge in [-0.3, -0.25) is 14.3 Å². The van der Waals surface area contributed by atoms with Gasteiger partial charge in [-0.15, -0.1) is 0 Å². The Bertz CT molecular complexity index is 760. The predicted octanol–water partition coefficient (Wildman–Crippen LogP) is 1.38. The number of carbonyl (C=O) groups excluding carboxylic acids is 1. The Morgan fingerprint density at radius 1 is 1.45 bits per heavy atom. The summed E-state index contributed by atoms with van der Waals surface area (Å²) in [6.45, 7) is 4.07. The number of carbonyl (C=O) groups is 1. The molecule has 0 saturated carbocycles. The van der Waals surface area contributed by atoms with Crippen molar-refractivity contribution >= 4 is 5.91 Å². The molecule has 3 rings (SSSR count). The lowest BCUT2D eigenvalue weighted by molar-refractivity contribution is -0.122. The van der Waals surface area contributed by atoms with E-state index in [1.165, 1.54) is 6.07 Å². The standard InChI is InChI=1S/C16H20N4O2/c1-10-8-11(2)20(19-10)9-16(22)18-14-5-3-4-13-12(14)6-7-15(21)17-13/h6-8,14H,3-5,9H2,1-2H3,(H,17,21)(H,18,22)/t14-/m1/s1.